The van der Waals surface area contributed by atoms with Crippen LogP contribution in [0.25, 0.3) is 21.5 Å². The smallest absolute Gasteiger partial charge is 0.273 e. The van der Waals surface area contributed by atoms with E-state index in [1.54, 1.807) is 17.6 Å². The van der Waals surface area contributed by atoms with Crippen LogP contribution in [-0.4, -0.2) is 39.7 Å². The molecule has 6 nitrogen and oxygen atoms in total. The Balaban J connectivity index is 1.37. The molecular weight excluding hydrogens is 454 g/mol. The van der Waals surface area contributed by atoms with Crippen LogP contribution in [0.1, 0.15) is 53.4 Å². The molecule has 1 saturated heterocycles. The number of benzene rings is 2. The van der Waals surface area contributed by atoms with Gasteiger partial charge in [-0.2, -0.15) is 5.10 Å². The summed E-state index contributed by atoms with van der Waals surface area (Å²) < 4.78 is 2.10. The molecule has 1 aliphatic rings. The van der Waals surface area contributed by atoms with Crippen LogP contribution in [0.15, 0.2) is 59.1 Å². The van der Waals surface area contributed by atoms with Gasteiger partial charge in [-0.1, -0.05) is 36.2 Å². The van der Waals surface area contributed by atoms with Gasteiger partial charge in [0.05, 0.1) is 17.5 Å². The molecule has 1 N–H and O–H groups in total. The van der Waals surface area contributed by atoms with E-state index in [1.165, 1.54) is 24.8 Å². The number of likely N-dealkylation sites (tertiary alicyclic amines) is 1. The predicted octanol–water partition coefficient (Wildman–Crippen LogP) is 5.84. The van der Waals surface area contributed by atoms with E-state index in [4.69, 9.17) is 4.98 Å². The highest BCUT2D eigenvalue weighted by Crippen LogP contribution is 2.30. The van der Waals surface area contributed by atoms with Crippen molar-refractivity contribution >= 4 is 34.4 Å². The number of fused-ring (bicyclic) bond motifs is 1. The molecule has 1 aliphatic heterocycles. The molecule has 2 aromatic heterocycles. The predicted molar refractivity (Wildman–Crippen MR) is 144 cm³/mol. The van der Waals surface area contributed by atoms with Gasteiger partial charge in [0.15, 0.2) is 0 Å². The minimum Gasteiger partial charge on any atom is -0.347 e. The zero-order valence-electron chi connectivity index (χ0n) is 20.3. The van der Waals surface area contributed by atoms with Crippen LogP contribution in [0.5, 0.6) is 0 Å². The highest BCUT2D eigenvalue weighted by molar-refractivity contribution is 7.13. The van der Waals surface area contributed by atoms with Gasteiger partial charge in [-0.3, -0.25) is 9.69 Å². The normalized spacial score (nSPS) is 14.7. The first-order valence-corrected chi connectivity index (χ1v) is 13.2. The summed E-state index contributed by atoms with van der Waals surface area (Å²) in [6, 6.07) is 14.3. The van der Waals surface area contributed by atoms with E-state index < -0.39 is 0 Å². The number of hydrazone groups is 1. The Morgan fingerprint density at radius 1 is 1.14 bits per heavy atom. The van der Waals surface area contributed by atoms with Crippen molar-refractivity contribution in [2.75, 3.05) is 13.1 Å². The van der Waals surface area contributed by atoms with Crippen molar-refractivity contribution in [1.82, 2.24) is 19.9 Å². The molecule has 4 aromatic rings. The standard InChI is InChI=1S/C28H31N5OS/c1-3-33-18-25(27(34)31-29-16-21-9-7-20(2)8-10-21)24-15-22(11-12-26(24)33)28-30-23(19-35-28)17-32-13-5-4-6-14-32/h7-12,15-16,18-19H,3-6,13-14,17H2,1-2H3,(H,31,34)/b29-16+. The highest BCUT2D eigenvalue weighted by Gasteiger charge is 2.17. The molecule has 2 aromatic carbocycles. The number of piperidine rings is 1. The molecule has 0 radical (unpaired) electrons. The van der Waals surface area contributed by atoms with Crippen LogP contribution in [0.4, 0.5) is 0 Å². The first-order valence-electron chi connectivity index (χ1n) is 12.3. The summed E-state index contributed by atoms with van der Waals surface area (Å²) in [4.78, 5) is 20.5. The van der Waals surface area contributed by atoms with Crippen LogP contribution in [-0.2, 0) is 13.1 Å². The topological polar surface area (TPSA) is 62.5 Å². The Bertz CT molecular complexity index is 1350. The third-order valence-electron chi connectivity index (χ3n) is 6.56. The molecule has 1 amide bonds. The van der Waals surface area contributed by atoms with Gasteiger partial charge in [0, 0.05) is 41.1 Å². The summed E-state index contributed by atoms with van der Waals surface area (Å²) in [6.45, 7) is 8.15. The lowest BCUT2D eigenvalue weighted by Gasteiger charge is -2.25. The van der Waals surface area contributed by atoms with Crippen LogP contribution in [0.2, 0.25) is 0 Å². The number of carbonyl (C=O) groups is 1. The fraction of sp³-hybridized carbons (Fsp3) is 0.321. The average Bonchev–Trinajstić information content (AvgIpc) is 3.50. The molecule has 0 unspecified atom stereocenters. The zero-order chi connectivity index (χ0) is 24.2. The summed E-state index contributed by atoms with van der Waals surface area (Å²) in [6.07, 6.45) is 7.48. The minimum atomic E-state index is -0.215. The molecular formula is C28H31N5OS. The largest absolute Gasteiger partial charge is 0.347 e. The molecule has 35 heavy (non-hydrogen) atoms. The summed E-state index contributed by atoms with van der Waals surface area (Å²) >= 11 is 1.67. The van der Waals surface area contributed by atoms with Crippen molar-refractivity contribution in [3.05, 3.63) is 76.4 Å². The maximum Gasteiger partial charge on any atom is 0.273 e. The van der Waals surface area contributed by atoms with Crippen molar-refractivity contribution < 1.29 is 4.79 Å². The van der Waals surface area contributed by atoms with E-state index in [0.717, 1.165) is 58.9 Å². The summed E-state index contributed by atoms with van der Waals surface area (Å²) in [5.41, 5.74) is 8.65. The molecule has 0 saturated carbocycles. The zero-order valence-corrected chi connectivity index (χ0v) is 21.1. The number of aryl methyl sites for hydroxylation is 2. The molecule has 0 spiro atoms. The number of carbonyl (C=O) groups excluding carboxylic acids is 1. The van der Waals surface area contributed by atoms with Gasteiger partial charge in [-0.15, -0.1) is 11.3 Å². The Morgan fingerprint density at radius 2 is 1.94 bits per heavy atom. The Labute approximate surface area is 210 Å². The van der Waals surface area contributed by atoms with E-state index in [-0.39, 0.29) is 5.91 Å². The van der Waals surface area contributed by atoms with E-state index in [2.05, 4.69) is 50.5 Å². The van der Waals surface area contributed by atoms with Crippen LogP contribution in [0, 0.1) is 6.92 Å². The van der Waals surface area contributed by atoms with Crippen LogP contribution >= 0.6 is 11.3 Å². The van der Waals surface area contributed by atoms with E-state index >= 15 is 0 Å². The maximum absolute atomic E-state index is 13.0. The van der Waals surface area contributed by atoms with E-state index in [0.29, 0.717) is 5.56 Å². The fourth-order valence-corrected chi connectivity index (χ4v) is 5.42. The van der Waals surface area contributed by atoms with E-state index in [9.17, 15) is 4.79 Å². The molecule has 180 valence electrons. The van der Waals surface area contributed by atoms with Crippen molar-refractivity contribution in [3.63, 3.8) is 0 Å². The van der Waals surface area contributed by atoms with Gasteiger partial charge in [0.25, 0.3) is 5.91 Å². The molecule has 0 atom stereocenters. The Morgan fingerprint density at radius 3 is 2.71 bits per heavy atom. The lowest BCUT2D eigenvalue weighted by Crippen LogP contribution is -2.29. The number of hydrogen-bond acceptors (Lipinski definition) is 5. The second-order valence-corrected chi connectivity index (χ2v) is 10.0. The number of rotatable bonds is 7. The van der Waals surface area contributed by atoms with Gasteiger partial charge >= 0.3 is 0 Å². The van der Waals surface area contributed by atoms with Gasteiger partial charge in [0.2, 0.25) is 0 Å². The fourth-order valence-electron chi connectivity index (χ4n) is 4.61. The number of hydrogen-bond donors (Lipinski definition) is 1. The lowest BCUT2D eigenvalue weighted by molar-refractivity contribution is 0.0956. The minimum absolute atomic E-state index is 0.215. The molecule has 0 bridgehead atoms. The lowest BCUT2D eigenvalue weighted by atomic mass is 10.1. The van der Waals surface area contributed by atoms with Gasteiger partial charge < -0.3 is 4.57 Å². The second-order valence-electron chi connectivity index (χ2n) is 9.15. The highest BCUT2D eigenvalue weighted by atomic mass is 32.1. The number of nitrogens with one attached hydrogen (secondary N) is 1. The first-order chi connectivity index (χ1) is 17.1. The summed E-state index contributed by atoms with van der Waals surface area (Å²) in [5.74, 6) is -0.215. The first kappa shape index (κ1) is 23.5. The summed E-state index contributed by atoms with van der Waals surface area (Å²) in [5, 5.41) is 8.25. The van der Waals surface area contributed by atoms with Crippen LogP contribution in [0.3, 0.4) is 0 Å². The third-order valence-corrected chi connectivity index (χ3v) is 7.50. The number of aromatic nitrogens is 2. The monoisotopic (exact) mass is 485 g/mol. The quantitative estimate of drug-likeness (QED) is 0.264. The molecule has 3 heterocycles. The van der Waals surface area contributed by atoms with Crippen molar-refractivity contribution in [2.45, 2.75) is 46.2 Å². The number of thiazole rings is 1. The van der Waals surface area contributed by atoms with Crippen molar-refractivity contribution in [3.8, 4) is 10.6 Å². The molecule has 0 aliphatic carbocycles. The van der Waals surface area contributed by atoms with Gasteiger partial charge in [-0.05, 0) is 63.5 Å². The molecule has 5 rings (SSSR count). The Kier molecular flexibility index (Phi) is 7.06. The second kappa shape index (κ2) is 10.5. The van der Waals surface area contributed by atoms with Crippen molar-refractivity contribution in [2.24, 2.45) is 5.10 Å². The third kappa shape index (κ3) is 5.36. The average molecular weight is 486 g/mol. The number of nitrogens with zero attached hydrogens (tertiary/aromatic N) is 4. The van der Waals surface area contributed by atoms with Crippen molar-refractivity contribution in [1.29, 1.82) is 0 Å². The SMILES string of the molecule is CCn1cc(C(=O)N/N=C/c2ccc(C)cc2)c2cc(-c3nc(CN4CCCCC4)cs3)ccc21. The molecule has 7 heteroatoms. The van der Waals surface area contributed by atoms with E-state index in [1.807, 2.05) is 37.4 Å². The maximum atomic E-state index is 13.0. The van der Waals surface area contributed by atoms with Gasteiger partial charge in [0.1, 0.15) is 5.01 Å². The molecule has 1 fully saturated rings. The summed E-state index contributed by atoms with van der Waals surface area (Å²) in [7, 11) is 0. The van der Waals surface area contributed by atoms with Gasteiger partial charge in [-0.25, -0.2) is 10.4 Å². The Hall–Kier alpha value is -3.29. The van der Waals surface area contributed by atoms with Crippen LogP contribution < -0.4 is 5.43 Å². The number of amides is 1.